The number of esters is 2. The number of nitrogens with zero attached hydrogens (tertiary/aromatic N) is 1. The summed E-state index contributed by atoms with van der Waals surface area (Å²) in [4.78, 5) is 41.9. The molecule has 2 aromatic rings. The Morgan fingerprint density at radius 3 is 2.64 bits per heavy atom. The summed E-state index contributed by atoms with van der Waals surface area (Å²) in [5.41, 5.74) is 1.16. The van der Waals surface area contributed by atoms with Gasteiger partial charge in [-0.3, -0.25) is 9.59 Å². The number of ether oxygens (including phenoxy) is 5. The Labute approximate surface area is 229 Å². The molecule has 1 amide bonds. The van der Waals surface area contributed by atoms with Gasteiger partial charge < -0.3 is 29.0 Å². The van der Waals surface area contributed by atoms with Crippen molar-refractivity contribution in [2.24, 2.45) is 11.8 Å². The van der Waals surface area contributed by atoms with Crippen LogP contribution >= 0.6 is 0 Å². The molecule has 0 radical (unpaired) electrons. The van der Waals surface area contributed by atoms with Crippen LogP contribution in [-0.4, -0.2) is 62.1 Å². The highest BCUT2D eigenvalue weighted by Gasteiger charge is 2.30. The lowest BCUT2D eigenvalue weighted by atomic mass is 9.95. The number of carbonyl (C=O) groups excluding carboxylic acids is 3. The van der Waals surface area contributed by atoms with Crippen LogP contribution in [0, 0.1) is 11.8 Å². The molecule has 39 heavy (non-hydrogen) atoms. The van der Waals surface area contributed by atoms with Crippen LogP contribution in [0.1, 0.15) is 56.1 Å². The van der Waals surface area contributed by atoms with E-state index >= 15 is 0 Å². The molecule has 0 saturated carbocycles. The van der Waals surface area contributed by atoms with Gasteiger partial charge in [0, 0.05) is 18.9 Å². The van der Waals surface area contributed by atoms with Crippen molar-refractivity contribution in [2.75, 3.05) is 27.1 Å². The minimum absolute atomic E-state index is 0.0155. The van der Waals surface area contributed by atoms with E-state index in [-0.39, 0.29) is 41.7 Å². The van der Waals surface area contributed by atoms with Crippen LogP contribution < -0.4 is 14.8 Å². The van der Waals surface area contributed by atoms with Crippen molar-refractivity contribution in [3.63, 3.8) is 0 Å². The summed E-state index contributed by atoms with van der Waals surface area (Å²) in [7, 11) is 1.41. The standard InChI is InChI=1S/C29H38N2O8/c1-19(2)28(33)38-18-37-26-24(35-4)13-14-30-25(26)27(32)31-23-17-36-16-22(15-20(3)39-29(23)34)12-8-11-21-9-6-5-7-10-21/h5-7,9-10,13-14,19-20,22-23H,8,11-12,15-18H2,1-4H3,(H,31,32)/t20?,22?,23-/m0/s1. The van der Waals surface area contributed by atoms with Gasteiger partial charge in [0.2, 0.25) is 6.79 Å². The fourth-order valence-corrected chi connectivity index (χ4v) is 4.26. The number of amides is 1. The summed E-state index contributed by atoms with van der Waals surface area (Å²) in [5.74, 6) is -1.64. The van der Waals surface area contributed by atoms with Gasteiger partial charge in [0.25, 0.3) is 5.91 Å². The Hall–Kier alpha value is -3.66. The number of aromatic nitrogens is 1. The third-order valence-electron chi connectivity index (χ3n) is 6.31. The first kappa shape index (κ1) is 29.9. The van der Waals surface area contributed by atoms with Crippen molar-refractivity contribution in [2.45, 2.75) is 58.6 Å². The Balaban J connectivity index is 1.61. The first-order valence-electron chi connectivity index (χ1n) is 13.2. The zero-order valence-corrected chi connectivity index (χ0v) is 23.0. The number of nitrogens with one attached hydrogen (secondary N) is 1. The molecule has 0 aliphatic carbocycles. The molecule has 3 rings (SSSR count). The van der Waals surface area contributed by atoms with Crippen LogP contribution in [-0.2, 0) is 30.2 Å². The highest BCUT2D eigenvalue weighted by Crippen LogP contribution is 2.30. The van der Waals surface area contributed by atoms with E-state index in [9.17, 15) is 14.4 Å². The molecular weight excluding hydrogens is 504 g/mol. The van der Waals surface area contributed by atoms with Crippen LogP contribution in [0.25, 0.3) is 0 Å². The maximum atomic E-state index is 13.2. The van der Waals surface area contributed by atoms with Gasteiger partial charge in [0.05, 0.1) is 25.7 Å². The molecule has 1 aliphatic rings. The van der Waals surface area contributed by atoms with Gasteiger partial charge in [0.1, 0.15) is 0 Å². The molecule has 2 heterocycles. The molecule has 1 aromatic carbocycles. The third-order valence-corrected chi connectivity index (χ3v) is 6.31. The number of rotatable bonds is 11. The lowest BCUT2D eigenvalue weighted by Gasteiger charge is -2.20. The maximum absolute atomic E-state index is 13.2. The lowest BCUT2D eigenvalue weighted by molar-refractivity contribution is -0.154. The Morgan fingerprint density at radius 1 is 1.15 bits per heavy atom. The van der Waals surface area contributed by atoms with E-state index in [1.807, 2.05) is 25.1 Å². The number of cyclic esters (lactones) is 1. The predicted molar refractivity (Wildman–Crippen MR) is 142 cm³/mol. The van der Waals surface area contributed by atoms with E-state index in [0.29, 0.717) is 13.0 Å². The third kappa shape index (κ3) is 9.24. The van der Waals surface area contributed by atoms with E-state index in [4.69, 9.17) is 23.7 Å². The van der Waals surface area contributed by atoms with Crippen molar-refractivity contribution in [1.82, 2.24) is 10.3 Å². The first-order valence-corrected chi connectivity index (χ1v) is 13.2. The second kappa shape index (κ2) is 15.1. The van der Waals surface area contributed by atoms with Crippen molar-refractivity contribution < 1.29 is 38.1 Å². The van der Waals surface area contributed by atoms with Gasteiger partial charge in [-0.1, -0.05) is 44.2 Å². The Kier molecular flexibility index (Phi) is 11.5. The molecule has 2 unspecified atom stereocenters. The van der Waals surface area contributed by atoms with Crippen LogP contribution in [0.3, 0.4) is 0 Å². The van der Waals surface area contributed by atoms with Crippen molar-refractivity contribution >= 4 is 17.8 Å². The minimum atomic E-state index is -1.04. The first-order chi connectivity index (χ1) is 18.8. The number of hydrogen-bond donors (Lipinski definition) is 1. The average molecular weight is 543 g/mol. The quantitative estimate of drug-likeness (QED) is 0.334. The van der Waals surface area contributed by atoms with E-state index in [1.165, 1.54) is 24.9 Å². The molecule has 10 nitrogen and oxygen atoms in total. The zero-order valence-electron chi connectivity index (χ0n) is 23.0. The molecule has 0 spiro atoms. The number of pyridine rings is 1. The van der Waals surface area contributed by atoms with E-state index < -0.39 is 30.7 Å². The second-order valence-corrected chi connectivity index (χ2v) is 9.86. The summed E-state index contributed by atoms with van der Waals surface area (Å²) in [6.07, 6.45) is 4.62. The van der Waals surface area contributed by atoms with Gasteiger partial charge in [-0.25, -0.2) is 9.78 Å². The lowest BCUT2D eigenvalue weighted by Crippen LogP contribution is -2.45. The monoisotopic (exact) mass is 542 g/mol. The Bertz CT molecular complexity index is 1090. The summed E-state index contributed by atoms with van der Waals surface area (Å²) >= 11 is 0. The number of benzene rings is 1. The average Bonchev–Trinajstić information content (AvgIpc) is 2.98. The normalized spacial score (nSPS) is 19.7. The SMILES string of the molecule is COc1ccnc(C(=O)N[C@H]2COCC(CCCc3ccccc3)CC(C)OC2=O)c1OCOC(=O)C(C)C. The number of hydrogen-bond acceptors (Lipinski definition) is 9. The molecule has 1 aromatic heterocycles. The fourth-order valence-electron chi connectivity index (χ4n) is 4.26. The van der Waals surface area contributed by atoms with Gasteiger partial charge in [-0.05, 0) is 44.1 Å². The fraction of sp³-hybridized carbons (Fsp3) is 0.517. The second-order valence-electron chi connectivity index (χ2n) is 9.86. The molecule has 10 heteroatoms. The molecule has 1 N–H and O–H groups in total. The Morgan fingerprint density at radius 2 is 1.92 bits per heavy atom. The van der Waals surface area contributed by atoms with Crippen LogP contribution in [0.5, 0.6) is 11.5 Å². The van der Waals surface area contributed by atoms with Crippen LogP contribution in [0.4, 0.5) is 0 Å². The van der Waals surface area contributed by atoms with Gasteiger partial charge >= 0.3 is 11.9 Å². The highest BCUT2D eigenvalue weighted by molar-refractivity contribution is 5.98. The molecule has 1 aliphatic heterocycles. The molecule has 1 saturated heterocycles. The summed E-state index contributed by atoms with van der Waals surface area (Å²) in [5, 5.41) is 2.65. The summed E-state index contributed by atoms with van der Waals surface area (Å²) < 4.78 is 27.4. The van der Waals surface area contributed by atoms with Crippen LogP contribution in [0.2, 0.25) is 0 Å². The zero-order chi connectivity index (χ0) is 28.2. The molecule has 0 bridgehead atoms. The van der Waals surface area contributed by atoms with Gasteiger partial charge in [-0.2, -0.15) is 0 Å². The van der Waals surface area contributed by atoms with Crippen LogP contribution in [0.15, 0.2) is 42.6 Å². The van der Waals surface area contributed by atoms with E-state index in [0.717, 1.165) is 19.3 Å². The molecular formula is C29H38N2O8. The molecule has 212 valence electrons. The summed E-state index contributed by atoms with van der Waals surface area (Å²) in [6.45, 7) is 5.21. The number of methoxy groups -OCH3 is 1. The minimum Gasteiger partial charge on any atom is -0.493 e. The van der Waals surface area contributed by atoms with Crippen molar-refractivity contribution in [3.05, 3.63) is 53.9 Å². The topological polar surface area (TPSA) is 122 Å². The predicted octanol–water partition coefficient (Wildman–Crippen LogP) is 3.72. The molecule has 1 fully saturated rings. The van der Waals surface area contributed by atoms with E-state index in [1.54, 1.807) is 13.8 Å². The van der Waals surface area contributed by atoms with Crippen molar-refractivity contribution in [1.29, 1.82) is 0 Å². The smallest absolute Gasteiger partial charge is 0.331 e. The molecule has 3 atom stereocenters. The van der Waals surface area contributed by atoms with Gasteiger partial charge in [-0.15, -0.1) is 0 Å². The maximum Gasteiger partial charge on any atom is 0.331 e. The summed E-state index contributed by atoms with van der Waals surface area (Å²) in [6, 6.07) is 10.8. The largest absolute Gasteiger partial charge is 0.493 e. The number of carbonyl (C=O) groups is 3. The van der Waals surface area contributed by atoms with Gasteiger partial charge in [0.15, 0.2) is 23.2 Å². The van der Waals surface area contributed by atoms with Crippen molar-refractivity contribution in [3.8, 4) is 11.5 Å². The van der Waals surface area contributed by atoms with E-state index in [2.05, 4.69) is 22.4 Å². The highest BCUT2D eigenvalue weighted by atomic mass is 16.7. The number of aryl methyl sites for hydroxylation is 1.